The van der Waals surface area contributed by atoms with Gasteiger partial charge in [-0.1, -0.05) is 17.7 Å². The van der Waals surface area contributed by atoms with Crippen LogP contribution < -0.4 is 14.9 Å². The fourth-order valence-corrected chi connectivity index (χ4v) is 4.01. The molecule has 0 aliphatic rings. The number of hydrogen-bond acceptors (Lipinski definition) is 8. The summed E-state index contributed by atoms with van der Waals surface area (Å²) in [5.74, 6) is 0.0845. The molecule has 0 unspecified atom stereocenters. The molecule has 3 aromatic carbocycles. The van der Waals surface area contributed by atoms with Crippen molar-refractivity contribution in [1.82, 2.24) is 0 Å². The minimum Gasteiger partial charge on any atom is -0.504 e. The molecule has 0 aliphatic heterocycles. The van der Waals surface area contributed by atoms with Crippen molar-refractivity contribution < 1.29 is 23.2 Å². The Morgan fingerprint density at radius 2 is 1.88 bits per heavy atom. The van der Waals surface area contributed by atoms with Crippen molar-refractivity contribution >= 4 is 44.9 Å². The molecule has 32 heavy (non-hydrogen) atoms. The van der Waals surface area contributed by atoms with E-state index in [-0.39, 0.29) is 22.9 Å². The molecule has 12 heteroatoms. The Balaban J connectivity index is 1.94. The molecule has 0 aliphatic carbocycles. The number of nitrogens with one attached hydrogen (secondary N) is 2. The van der Waals surface area contributed by atoms with Crippen LogP contribution in [0.1, 0.15) is 5.56 Å². The summed E-state index contributed by atoms with van der Waals surface area (Å²) in [5.41, 5.74) is 2.64. The van der Waals surface area contributed by atoms with E-state index in [0.717, 1.165) is 12.1 Å². The van der Waals surface area contributed by atoms with Gasteiger partial charge in [-0.05, 0) is 42.5 Å². The lowest BCUT2D eigenvalue weighted by Crippen LogP contribution is -2.15. The van der Waals surface area contributed by atoms with Crippen molar-refractivity contribution in [2.45, 2.75) is 4.90 Å². The van der Waals surface area contributed by atoms with Crippen LogP contribution >= 0.6 is 11.6 Å². The number of non-ortho nitro benzene ring substituents is 1. The highest BCUT2D eigenvalue weighted by Crippen LogP contribution is 2.30. The maximum Gasteiger partial charge on any atom is 0.270 e. The van der Waals surface area contributed by atoms with E-state index in [1.54, 1.807) is 18.2 Å². The Morgan fingerprint density at radius 1 is 1.16 bits per heavy atom. The standard InChI is InChI=1S/C20H17ClN4O6S/c1-31-18-4-2-3-13(20(18)26)12-22-23-17-10-9-16(25(27)28)11-19(17)32(29,30)24-15-7-5-14(21)6-8-15/h2-12,23-24,26H,1H3. The molecule has 10 nitrogen and oxygen atoms in total. The van der Waals surface area contributed by atoms with Gasteiger partial charge >= 0.3 is 0 Å². The van der Waals surface area contributed by atoms with Crippen LogP contribution in [-0.2, 0) is 10.0 Å². The molecule has 3 N–H and O–H groups in total. The molecule has 0 amide bonds. The number of ether oxygens (including phenoxy) is 1. The summed E-state index contributed by atoms with van der Waals surface area (Å²) in [6, 6.07) is 13.9. The highest BCUT2D eigenvalue weighted by molar-refractivity contribution is 7.92. The summed E-state index contributed by atoms with van der Waals surface area (Å²) in [5, 5.41) is 25.6. The molecule has 0 saturated heterocycles. The first-order valence-corrected chi connectivity index (χ1v) is 10.8. The lowest BCUT2D eigenvalue weighted by Gasteiger charge is -2.12. The predicted molar refractivity (Wildman–Crippen MR) is 121 cm³/mol. The minimum absolute atomic E-state index is 0.0179. The maximum atomic E-state index is 12.9. The molecule has 0 spiro atoms. The van der Waals surface area contributed by atoms with E-state index in [1.807, 2.05) is 0 Å². The Hall–Kier alpha value is -3.83. The van der Waals surface area contributed by atoms with Crippen molar-refractivity contribution in [3.63, 3.8) is 0 Å². The van der Waals surface area contributed by atoms with Gasteiger partial charge in [0.05, 0.1) is 23.9 Å². The second-order valence-corrected chi connectivity index (χ2v) is 8.41. The van der Waals surface area contributed by atoms with Crippen LogP contribution in [0.15, 0.2) is 70.7 Å². The molecule has 0 atom stereocenters. The topological polar surface area (TPSA) is 143 Å². The van der Waals surface area contributed by atoms with Crippen LogP contribution in [-0.4, -0.2) is 31.8 Å². The van der Waals surface area contributed by atoms with Crippen LogP contribution in [0.3, 0.4) is 0 Å². The first kappa shape index (κ1) is 22.8. The molecule has 0 heterocycles. The molecule has 3 aromatic rings. The van der Waals surface area contributed by atoms with Crippen molar-refractivity contribution in [2.75, 3.05) is 17.3 Å². The molecular weight excluding hydrogens is 460 g/mol. The van der Waals surface area contributed by atoms with Crippen molar-refractivity contribution in [2.24, 2.45) is 5.10 Å². The molecule has 166 valence electrons. The number of hydrazone groups is 1. The predicted octanol–water partition coefficient (Wildman–Crippen LogP) is 4.21. The summed E-state index contributed by atoms with van der Waals surface area (Å²) >= 11 is 5.81. The quantitative estimate of drug-likeness (QED) is 0.251. The summed E-state index contributed by atoms with van der Waals surface area (Å²) in [6.45, 7) is 0. The number of nitro groups is 1. The Labute approximate surface area is 188 Å². The number of nitrogens with zero attached hydrogens (tertiary/aromatic N) is 2. The van der Waals surface area contributed by atoms with Gasteiger partial charge < -0.3 is 9.84 Å². The number of anilines is 2. The second-order valence-electron chi connectivity index (χ2n) is 6.32. The van der Waals surface area contributed by atoms with E-state index in [4.69, 9.17) is 16.3 Å². The Bertz CT molecular complexity index is 1280. The lowest BCUT2D eigenvalue weighted by molar-refractivity contribution is -0.385. The number of rotatable bonds is 8. The number of sulfonamides is 1. The average Bonchev–Trinajstić information content (AvgIpc) is 2.76. The average molecular weight is 477 g/mol. The first-order chi connectivity index (χ1) is 15.2. The molecule has 0 fully saturated rings. The zero-order valence-electron chi connectivity index (χ0n) is 16.5. The van der Waals surface area contributed by atoms with Gasteiger partial charge in [-0.15, -0.1) is 0 Å². The molecule has 0 radical (unpaired) electrons. The van der Waals surface area contributed by atoms with E-state index in [9.17, 15) is 23.6 Å². The van der Waals surface area contributed by atoms with Gasteiger partial charge in [-0.2, -0.15) is 5.10 Å². The lowest BCUT2D eigenvalue weighted by atomic mass is 10.2. The van der Waals surface area contributed by atoms with Crippen molar-refractivity contribution in [3.8, 4) is 11.5 Å². The fraction of sp³-hybridized carbons (Fsp3) is 0.0500. The highest BCUT2D eigenvalue weighted by atomic mass is 35.5. The van der Waals surface area contributed by atoms with Gasteiger partial charge in [0.1, 0.15) is 4.90 Å². The number of hydrogen-bond donors (Lipinski definition) is 3. The number of nitro benzene ring substituents is 1. The number of phenolic OH excluding ortho intramolecular Hbond substituents is 1. The summed E-state index contributed by atoms with van der Waals surface area (Å²) in [6.07, 6.45) is 1.25. The maximum absolute atomic E-state index is 12.9. The fourth-order valence-electron chi connectivity index (χ4n) is 2.65. The molecule has 0 bridgehead atoms. The van der Waals surface area contributed by atoms with Crippen LogP contribution in [0.5, 0.6) is 11.5 Å². The number of aromatic hydroxyl groups is 1. The molecule has 0 saturated carbocycles. The third kappa shape index (κ3) is 5.25. The van der Waals surface area contributed by atoms with E-state index < -0.39 is 25.5 Å². The van der Waals surface area contributed by atoms with Crippen molar-refractivity contribution in [3.05, 3.63) is 81.4 Å². The first-order valence-electron chi connectivity index (χ1n) is 8.93. The summed E-state index contributed by atoms with van der Waals surface area (Å²) in [7, 11) is -2.83. The number of benzene rings is 3. The van der Waals surface area contributed by atoms with E-state index >= 15 is 0 Å². The van der Waals surface area contributed by atoms with Gasteiger partial charge in [-0.25, -0.2) is 8.42 Å². The van der Waals surface area contributed by atoms with Gasteiger partial charge in [-0.3, -0.25) is 20.3 Å². The van der Waals surface area contributed by atoms with E-state index in [1.165, 1.54) is 43.7 Å². The third-order valence-corrected chi connectivity index (χ3v) is 5.87. The Kier molecular flexibility index (Phi) is 6.81. The van der Waals surface area contributed by atoms with Gasteiger partial charge in [0.2, 0.25) is 0 Å². The van der Waals surface area contributed by atoms with E-state index in [0.29, 0.717) is 10.6 Å². The third-order valence-electron chi connectivity index (χ3n) is 4.20. The highest BCUT2D eigenvalue weighted by Gasteiger charge is 2.22. The van der Waals surface area contributed by atoms with Gasteiger partial charge in [0.15, 0.2) is 11.5 Å². The summed E-state index contributed by atoms with van der Waals surface area (Å²) in [4.78, 5) is 10.1. The normalized spacial score (nSPS) is 11.3. The smallest absolute Gasteiger partial charge is 0.270 e. The number of phenols is 1. The number of halogens is 1. The molecule has 3 rings (SSSR count). The zero-order chi connectivity index (χ0) is 23.3. The molecular formula is C20H17ClN4O6S. The van der Waals surface area contributed by atoms with Crippen molar-refractivity contribution in [1.29, 1.82) is 0 Å². The summed E-state index contributed by atoms with van der Waals surface area (Å²) < 4.78 is 33.2. The van der Waals surface area contributed by atoms with Gasteiger partial charge in [0.25, 0.3) is 15.7 Å². The minimum atomic E-state index is -4.23. The zero-order valence-corrected chi connectivity index (χ0v) is 18.1. The number of para-hydroxylation sites is 1. The molecule has 0 aromatic heterocycles. The van der Waals surface area contributed by atoms with Crippen LogP contribution in [0.4, 0.5) is 17.1 Å². The van der Waals surface area contributed by atoms with Crippen LogP contribution in [0, 0.1) is 10.1 Å². The largest absolute Gasteiger partial charge is 0.504 e. The monoisotopic (exact) mass is 476 g/mol. The van der Waals surface area contributed by atoms with Gasteiger partial charge in [0, 0.05) is 28.4 Å². The number of methoxy groups -OCH3 is 1. The van der Waals surface area contributed by atoms with Crippen LogP contribution in [0.25, 0.3) is 0 Å². The SMILES string of the molecule is COc1cccc(C=NNc2ccc([N+](=O)[O-])cc2S(=O)(=O)Nc2ccc(Cl)cc2)c1O. The Morgan fingerprint density at radius 3 is 2.53 bits per heavy atom. The van der Waals surface area contributed by atoms with E-state index in [2.05, 4.69) is 15.2 Å². The van der Waals surface area contributed by atoms with Crippen LogP contribution in [0.2, 0.25) is 5.02 Å². The second kappa shape index (κ2) is 9.54.